The molecule has 2 nitrogen and oxygen atoms in total. The molecule has 4 N–H and O–H groups in total. The molecule has 0 fully saturated rings. The Balaban J connectivity index is 2.70. The van der Waals surface area contributed by atoms with E-state index in [1.165, 1.54) is 30.3 Å². The Morgan fingerprint density at radius 3 is 1.95 bits per heavy atom. The highest BCUT2D eigenvalue weighted by molar-refractivity contribution is 5.74. The first-order valence-electron chi connectivity index (χ1n) is 5.74. The topological polar surface area (TPSA) is 52.0 Å². The Bertz CT molecular complexity index is 636. The molecule has 0 saturated carbocycles. The van der Waals surface area contributed by atoms with Crippen LogP contribution in [0.5, 0.6) is 0 Å². The highest BCUT2D eigenvalue weighted by Gasteiger charge is 2.34. The van der Waals surface area contributed by atoms with Crippen LogP contribution in [-0.2, 0) is 12.9 Å². The fraction of sp³-hybridized carbons (Fsp3) is 0.143. The van der Waals surface area contributed by atoms with Crippen LogP contribution in [0.25, 0.3) is 11.1 Å². The molecule has 0 aromatic heterocycles. The summed E-state index contributed by atoms with van der Waals surface area (Å²) in [7, 11) is 0. The monoisotopic (exact) mass is 284 g/mol. The van der Waals surface area contributed by atoms with Crippen molar-refractivity contribution in [3.63, 3.8) is 0 Å². The summed E-state index contributed by atoms with van der Waals surface area (Å²) in [5, 5.41) is 0. The second-order valence-corrected chi connectivity index (χ2v) is 4.35. The number of rotatable bonds is 2. The van der Waals surface area contributed by atoms with Crippen molar-refractivity contribution in [2.24, 2.45) is 0 Å². The van der Waals surface area contributed by atoms with Crippen LogP contribution in [0, 0.1) is 0 Å². The number of benzene rings is 2. The van der Waals surface area contributed by atoms with Crippen LogP contribution >= 0.6 is 0 Å². The van der Waals surface area contributed by atoms with E-state index >= 15 is 0 Å². The number of nitrogens with two attached hydrogens (primary N) is 2. The number of anilines is 2. The van der Waals surface area contributed by atoms with Crippen LogP contribution in [-0.4, -0.2) is 0 Å². The zero-order valence-electron chi connectivity index (χ0n) is 10.3. The number of alkyl halides is 4. The first-order valence-corrected chi connectivity index (χ1v) is 5.74. The lowest BCUT2D eigenvalue weighted by atomic mass is 9.94. The molecule has 0 unspecified atom stereocenters. The first-order chi connectivity index (χ1) is 9.32. The molecule has 6 heteroatoms. The summed E-state index contributed by atoms with van der Waals surface area (Å²) in [6.45, 7) is -0.901. The Kier molecular flexibility index (Phi) is 3.57. The molecule has 2 aromatic carbocycles. The van der Waals surface area contributed by atoms with Gasteiger partial charge in [0.05, 0.1) is 5.56 Å². The standard InChI is InChI=1S/C14H12F4N2/c15-7-8-5-9(19)1-3-11(8)12-4-2-10(20)6-13(12)14(16,17)18/h1-6H,7,19-20H2. The van der Waals surface area contributed by atoms with E-state index < -0.39 is 18.4 Å². The molecular weight excluding hydrogens is 272 g/mol. The van der Waals surface area contributed by atoms with Crippen molar-refractivity contribution >= 4 is 11.4 Å². The molecule has 20 heavy (non-hydrogen) atoms. The summed E-state index contributed by atoms with van der Waals surface area (Å²) in [4.78, 5) is 0. The van der Waals surface area contributed by atoms with Crippen LogP contribution in [0.3, 0.4) is 0 Å². The van der Waals surface area contributed by atoms with Crippen molar-refractivity contribution in [1.29, 1.82) is 0 Å². The quantitative estimate of drug-likeness (QED) is 0.646. The van der Waals surface area contributed by atoms with Gasteiger partial charge in [-0.3, -0.25) is 0 Å². The maximum atomic E-state index is 13.1. The minimum atomic E-state index is -4.57. The summed E-state index contributed by atoms with van der Waals surface area (Å²) in [6.07, 6.45) is -4.57. The predicted octanol–water partition coefficient (Wildman–Crippen LogP) is 4.01. The average Bonchev–Trinajstić information content (AvgIpc) is 2.38. The molecular formula is C14H12F4N2. The highest BCUT2D eigenvalue weighted by atomic mass is 19.4. The van der Waals surface area contributed by atoms with Crippen LogP contribution in [0.4, 0.5) is 28.9 Å². The third-order valence-electron chi connectivity index (χ3n) is 2.91. The normalized spacial score (nSPS) is 11.6. The van der Waals surface area contributed by atoms with Gasteiger partial charge in [-0.25, -0.2) is 4.39 Å². The third-order valence-corrected chi connectivity index (χ3v) is 2.91. The van der Waals surface area contributed by atoms with Crippen molar-refractivity contribution in [3.8, 4) is 11.1 Å². The zero-order chi connectivity index (χ0) is 14.9. The van der Waals surface area contributed by atoms with Crippen molar-refractivity contribution in [2.75, 3.05) is 11.5 Å². The van der Waals surface area contributed by atoms with Crippen molar-refractivity contribution < 1.29 is 17.6 Å². The Labute approximate surface area is 113 Å². The predicted molar refractivity (Wildman–Crippen MR) is 70.5 cm³/mol. The maximum absolute atomic E-state index is 13.1. The van der Waals surface area contributed by atoms with Crippen molar-refractivity contribution in [3.05, 3.63) is 47.5 Å². The number of hydrogen-bond acceptors (Lipinski definition) is 2. The van der Waals surface area contributed by atoms with Crippen LogP contribution in [0.15, 0.2) is 36.4 Å². The Morgan fingerprint density at radius 1 is 0.850 bits per heavy atom. The van der Waals surface area contributed by atoms with E-state index in [2.05, 4.69) is 0 Å². The van der Waals surface area contributed by atoms with Gasteiger partial charge in [0, 0.05) is 11.4 Å². The Morgan fingerprint density at radius 2 is 1.40 bits per heavy atom. The molecule has 2 aromatic rings. The summed E-state index contributed by atoms with van der Waals surface area (Å²) < 4.78 is 52.2. The molecule has 106 valence electrons. The summed E-state index contributed by atoms with van der Waals surface area (Å²) in [6, 6.07) is 7.57. The smallest absolute Gasteiger partial charge is 0.399 e. The van der Waals surface area contributed by atoms with E-state index in [0.717, 1.165) is 6.07 Å². The van der Waals surface area contributed by atoms with Gasteiger partial charge in [0.15, 0.2) is 0 Å². The van der Waals surface area contributed by atoms with Crippen LogP contribution < -0.4 is 11.5 Å². The second kappa shape index (κ2) is 5.03. The van der Waals surface area contributed by atoms with Gasteiger partial charge in [-0.1, -0.05) is 12.1 Å². The van der Waals surface area contributed by atoms with Crippen molar-refractivity contribution in [1.82, 2.24) is 0 Å². The van der Waals surface area contributed by atoms with E-state index in [4.69, 9.17) is 11.5 Å². The largest absolute Gasteiger partial charge is 0.417 e. The average molecular weight is 284 g/mol. The molecule has 0 aliphatic rings. The van der Waals surface area contributed by atoms with Gasteiger partial charge >= 0.3 is 6.18 Å². The lowest BCUT2D eigenvalue weighted by Gasteiger charge is -2.16. The van der Waals surface area contributed by atoms with Gasteiger partial charge in [-0.15, -0.1) is 0 Å². The molecule has 2 rings (SSSR count). The highest BCUT2D eigenvalue weighted by Crippen LogP contribution is 2.39. The molecule has 0 spiro atoms. The molecule has 0 amide bonds. The molecule has 0 radical (unpaired) electrons. The SMILES string of the molecule is Nc1ccc(-c2ccc(N)cc2C(F)(F)F)c(CF)c1. The lowest BCUT2D eigenvalue weighted by Crippen LogP contribution is -2.08. The van der Waals surface area contributed by atoms with Gasteiger partial charge in [-0.2, -0.15) is 13.2 Å². The molecule has 0 aliphatic heterocycles. The van der Waals surface area contributed by atoms with E-state index in [1.807, 2.05) is 0 Å². The number of hydrogen-bond donors (Lipinski definition) is 2. The van der Waals surface area contributed by atoms with Gasteiger partial charge in [0.2, 0.25) is 0 Å². The van der Waals surface area contributed by atoms with E-state index in [9.17, 15) is 17.6 Å². The van der Waals surface area contributed by atoms with Gasteiger partial charge < -0.3 is 11.5 Å². The van der Waals surface area contributed by atoms with Crippen molar-refractivity contribution in [2.45, 2.75) is 12.9 Å². The van der Waals surface area contributed by atoms with Crippen LogP contribution in [0.2, 0.25) is 0 Å². The van der Waals surface area contributed by atoms with E-state index in [0.29, 0.717) is 5.69 Å². The number of nitrogen functional groups attached to an aromatic ring is 2. The first kappa shape index (κ1) is 14.2. The molecule has 0 saturated heterocycles. The number of halogens is 4. The zero-order valence-corrected chi connectivity index (χ0v) is 10.3. The minimum Gasteiger partial charge on any atom is -0.399 e. The fourth-order valence-electron chi connectivity index (χ4n) is 2.02. The summed E-state index contributed by atoms with van der Waals surface area (Å²) in [5.74, 6) is 0. The second-order valence-electron chi connectivity index (χ2n) is 4.35. The summed E-state index contributed by atoms with van der Waals surface area (Å²) >= 11 is 0. The lowest BCUT2D eigenvalue weighted by molar-refractivity contribution is -0.137. The van der Waals surface area contributed by atoms with Gasteiger partial charge in [0.1, 0.15) is 6.67 Å². The van der Waals surface area contributed by atoms with Crippen LogP contribution in [0.1, 0.15) is 11.1 Å². The minimum absolute atomic E-state index is 0.00156. The van der Waals surface area contributed by atoms with E-state index in [-0.39, 0.29) is 22.4 Å². The van der Waals surface area contributed by atoms with Gasteiger partial charge in [0.25, 0.3) is 0 Å². The molecule has 0 heterocycles. The third kappa shape index (κ3) is 2.68. The van der Waals surface area contributed by atoms with E-state index in [1.54, 1.807) is 0 Å². The molecule has 0 atom stereocenters. The maximum Gasteiger partial charge on any atom is 0.417 e. The molecule has 0 bridgehead atoms. The van der Waals surface area contributed by atoms with Gasteiger partial charge in [-0.05, 0) is 41.0 Å². The molecule has 0 aliphatic carbocycles. The Hall–Kier alpha value is -2.24. The fourth-order valence-corrected chi connectivity index (χ4v) is 2.02. The summed E-state index contributed by atoms with van der Waals surface area (Å²) in [5.41, 5.74) is 10.5.